The number of allylic oxidation sites excluding steroid dienone is 1. The normalized spacial score (nSPS) is 18.6. The third-order valence-corrected chi connectivity index (χ3v) is 4.59. The molecule has 0 aromatic heterocycles. The van der Waals surface area contributed by atoms with Gasteiger partial charge in [-0.25, -0.2) is 9.59 Å². The molecule has 0 saturated heterocycles. The van der Waals surface area contributed by atoms with Gasteiger partial charge in [0.1, 0.15) is 17.4 Å². The Bertz CT molecular complexity index is 886. The molecule has 0 aliphatic carbocycles. The van der Waals surface area contributed by atoms with Crippen LogP contribution in [-0.2, 0) is 23.9 Å². The number of nitrogens with zero attached hydrogens (tertiary/aromatic N) is 1. The van der Waals surface area contributed by atoms with Crippen molar-refractivity contribution < 1.29 is 38.4 Å². The van der Waals surface area contributed by atoms with E-state index in [-0.39, 0.29) is 11.3 Å². The predicted octanol–water partition coefficient (Wildman–Crippen LogP) is 1.95. The zero-order chi connectivity index (χ0) is 21.7. The van der Waals surface area contributed by atoms with Gasteiger partial charge in [0.2, 0.25) is 0 Å². The second-order valence-electron chi connectivity index (χ2n) is 6.31. The highest BCUT2D eigenvalue weighted by atomic mass is 16.5. The number of carbonyl (C=O) groups excluding carboxylic acids is 2. The SMILES string of the molecule is COC(=O)C1=C(C)N=C(C)C(C(=O)OC)C1c1ccc(OCC(=O)O)cc1OC. The summed E-state index contributed by atoms with van der Waals surface area (Å²) in [5.74, 6) is -3.35. The molecule has 0 amide bonds. The van der Waals surface area contributed by atoms with Crippen LogP contribution in [-0.4, -0.2) is 56.7 Å². The first-order valence-electron chi connectivity index (χ1n) is 8.69. The number of carboxylic acid groups (broad SMARTS) is 1. The first-order valence-corrected chi connectivity index (χ1v) is 8.69. The number of aliphatic imine (C=N–C) groups is 1. The Morgan fingerprint density at radius 1 is 1.10 bits per heavy atom. The molecule has 0 radical (unpaired) electrons. The van der Waals surface area contributed by atoms with Gasteiger partial charge in [0.15, 0.2) is 6.61 Å². The molecule has 1 aliphatic rings. The first kappa shape index (κ1) is 21.9. The van der Waals surface area contributed by atoms with E-state index in [4.69, 9.17) is 24.1 Å². The molecule has 0 saturated carbocycles. The molecule has 2 unspecified atom stereocenters. The highest BCUT2D eigenvalue weighted by molar-refractivity contribution is 6.07. The van der Waals surface area contributed by atoms with Crippen molar-refractivity contribution in [3.63, 3.8) is 0 Å². The highest BCUT2D eigenvalue weighted by Gasteiger charge is 2.43. The Kier molecular flexibility index (Phi) is 6.98. The van der Waals surface area contributed by atoms with Gasteiger partial charge < -0.3 is 24.1 Å². The summed E-state index contributed by atoms with van der Waals surface area (Å²) >= 11 is 0. The Labute approximate surface area is 167 Å². The van der Waals surface area contributed by atoms with Crippen LogP contribution in [0.2, 0.25) is 0 Å². The van der Waals surface area contributed by atoms with E-state index in [0.717, 1.165) is 0 Å². The van der Waals surface area contributed by atoms with Crippen molar-refractivity contribution in [2.75, 3.05) is 27.9 Å². The number of hydrogen-bond acceptors (Lipinski definition) is 8. The highest BCUT2D eigenvalue weighted by Crippen LogP contribution is 2.44. The lowest BCUT2D eigenvalue weighted by atomic mass is 9.75. The van der Waals surface area contributed by atoms with Crippen molar-refractivity contribution >= 4 is 23.6 Å². The molecule has 1 N–H and O–H groups in total. The van der Waals surface area contributed by atoms with Crippen molar-refractivity contribution in [2.24, 2.45) is 10.9 Å². The fourth-order valence-corrected chi connectivity index (χ4v) is 3.36. The summed E-state index contributed by atoms with van der Waals surface area (Å²) in [6, 6.07) is 4.66. The lowest BCUT2D eigenvalue weighted by Gasteiger charge is -2.32. The number of methoxy groups -OCH3 is 3. The minimum Gasteiger partial charge on any atom is -0.496 e. The Balaban J connectivity index is 2.64. The van der Waals surface area contributed by atoms with Crippen LogP contribution in [0.4, 0.5) is 0 Å². The van der Waals surface area contributed by atoms with Crippen molar-refractivity contribution in [1.29, 1.82) is 0 Å². The van der Waals surface area contributed by atoms with Gasteiger partial charge in [-0.1, -0.05) is 6.07 Å². The first-order chi connectivity index (χ1) is 13.7. The van der Waals surface area contributed by atoms with Gasteiger partial charge in [0, 0.05) is 29.0 Å². The van der Waals surface area contributed by atoms with Crippen molar-refractivity contribution in [3.8, 4) is 11.5 Å². The Morgan fingerprint density at radius 3 is 2.34 bits per heavy atom. The van der Waals surface area contributed by atoms with Crippen LogP contribution in [0.1, 0.15) is 25.3 Å². The number of carbonyl (C=O) groups is 3. The number of hydrogen-bond donors (Lipinski definition) is 1. The zero-order valence-electron chi connectivity index (χ0n) is 16.8. The molecule has 1 aliphatic heterocycles. The third-order valence-electron chi connectivity index (χ3n) is 4.59. The van der Waals surface area contributed by atoms with E-state index in [1.807, 2.05) is 0 Å². The van der Waals surface area contributed by atoms with E-state index in [0.29, 0.717) is 22.7 Å². The number of carboxylic acids is 1. The van der Waals surface area contributed by atoms with Crippen molar-refractivity contribution in [2.45, 2.75) is 19.8 Å². The maximum absolute atomic E-state index is 12.6. The Hall–Kier alpha value is -3.36. The summed E-state index contributed by atoms with van der Waals surface area (Å²) in [5.41, 5.74) is 1.64. The lowest BCUT2D eigenvalue weighted by Crippen LogP contribution is -2.36. The van der Waals surface area contributed by atoms with Gasteiger partial charge in [-0.2, -0.15) is 0 Å². The van der Waals surface area contributed by atoms with Crippen LogP contribution >= 0.6 is 0 Å². The van der Waals surface area contributed by atoms with Crippen LogP contribution in [0.15, 0.2) is 34.5 Å². The van der Waals surface area contributed by atoms with Crippen LogP contribution < -0.4 is 9.47 Å². The molecule has 156 valence electrons. The summed E-state index contributed by atoms with van der Waals surface area (Å²) in [4.78, 5) is 40.2. The molecule has 0 bridgehead atoms. The maximum atomic E-state index is 12.6. The van der Waals surface area contributed by atoms with Gasteiger partial charge in [0.05, 0.1) is 26.9 Å². The van der Waals surface area contributed by atoms with E-state index in [2.05, 4.69) is 4.99 Å². The average Bonchev–Trinajstić information content (AvgIpc) is 2.70. The quantitative estimate of drug-likeness (QED) is 0.684. The van der Waals surface area contributed by atoms with E-state index < -0.39 is 36.4 Å². The van der Waals surface area contributed by atoms with Gasteiger partial charge in [-0.05, 0) is 19.9 Å². The molecule has 1 aromatic carbocycles. The van der Waals surface area contributed by atoms with Crippen molar-refractivity contribution in [3.05, 3.63) is 35.0 Å². The van der Waals surface area contributed by atoms with Gasteiger partial charge in [-0.15, -0.1) is 0 Å². The summed E-state index contributed by atoms with van der Waals surface area (Å²) in [5, 5.41) is 8.79. The van der Waals surface area contributed by atoms with Crippen LogP contribution in [0.3, 0.4) is 0 Å². The molecule has 0 spiro atoms. The largest absolute Gasteiger partial charge is 0.496 e. The zero-order valence-corrected chi connectivity index (χ0v) is 16.8. The van der Waals surface area contributed by atoms with Crippen LogP contribution in [0.5, 0.6) is 11.5 Å². The molecular formula is C20H23NO8. The fourth-order valence-electron chi connectivity index (χ4n) is 3.36. The topological polar surface area (TPSA) is 121 Å². The van der Waals surface area contributed by atoms with Crippen LogP contribution in [0, 0.1) is 5.92 Å². The molecule has 1 aromatic rings. The van der Waals surface area contributed by atoms with E-state index in [1.54, 1.807) is 26.0 Å². The summed E-state index contributed by atoms with van der Waals surface area (Å²) in [7, 11) is 3.93. The number of aliphatic carboxylic acids is 1. The third kappa shape index (κ3) is 4.56. The molecule has 1 heterocycles. The standard InChI is InChI=1S/C20H23NO8/c1-10-16(19(24)27-4)18(17(11(2)21-10)20(25)28-5)13-7-6-12(8-14(13)26-3)29-9-15(22)23/h6-8,16,18H,9H2,1-5H3,(H,22,23). The summed E-state index contributed by atoms with van der Waals surface area (Å²) in [6.07, 6.45) is 0. The lowest BCUT2D eigenvalue weighted by molar-refractivity contribution is -0.144. The van der Waals surface area contributed by atoms with E-state index in [1.165, 1.54) is 27.4 Å². The molecule has 9 nitrogen and oxygen atoms in total. The average molecular weight is 405 g/mol. The molecular weight excluding hydrogens is 382 g/mol. The second kappa shape index (κ2) is 9.22. The number of rotatable bonds is 7. The van der Waals surface area contributed by atoms with E-state index in [9.17, 15) is 14.4 Å². The Morgan fingerprint density at radius 2 is 1.79 bits per heavy atom. The maximum Gasteiger partial charge on any atom is 0.341 e. The van der Waals surface area contributed by atoms with Crippen LogP contribution in [0.25, 0.3) is 0 Å². The second-order valence-corrected chi connectivity index (χ2v) is 6.31. The summed E-state index contributed by atoms with van der Waals surface area (Å²) in [6.45, 7) is 2.82. The number of benzene rings is 1. The van der Waals surface area contributed by atoms with Gasteiger partial charge in [-0.3, -0.25) is 9.79 Å². The van der Waals surface area contributed by atoms with E-state index >= 15 is 0 Å². The minimum atomic E-state index is -1.12. The molecule has 29 heavy (non-hydrogen) atoms. The number of esters is 2. The monoisotopic (exact) mass is 405 g/mol. The number of ether oxygens (including phenoxy) is 4. The summed E-state index contributed by atoms with van der Waals surface area (Å²) < 4.78 is 20.5. The minimum absolute atomic E-state index is 0.214. The van der Waals surface area contributed by atoms with Gasteiger partial charge in [0.25, 0.3) is 0 Å². The smallest absolute Gasteiger partial charge is 0.341 e. The molecule has 2 atom stereocenters. The van der Waals surface area contributed by atoms with Gasteiger partial charge >= 0.3 is 17.9 Å². The van der Waals surface area contributed by atoms with Crippen molar-refractivity contribution in [1.82, 2.24) is 0 Å². The molecule has 0 fully saturated rings. The fraction of sp³-hybridized carbons (Fsp3) is 0.400. The predicted molar refractivity (Wildman–Crippen MR) is 102 cm³/mol. The molecule has 2 rings (SSSR count). The molecule has 9 heteroatoms.